The standard InChI is InChI=1S/C29H29NO6/c1-5-35-21-15-16-22(24(17-21)36-6-2)27(31)25-26(19-11-13-20(34-4)14-12-19)30(29(33)28(25)32)23-10-8-7-9-18(23)3/h7-17,26,31H,5-6H2,1-4H3/b27-25-. The normalized spacial score (nSPS) is 16.8. The van der Waals surface area contributed by atoms with Crippen molar-refractivity contribution in [2.45, 2.75) is 26.8 Å². The zero-order chi connectivity index (χ0) is 25.8. The van der Waals surface area contributed by atoms with Gasteiger partial charge < -0.3 is 19.3 Å². The number of hydrogen-bond acceptors (Lipinski definition) is 6. The van der Waals surface area contributed by atoms with E-state index in [1.54, 1.807) is 55.6 Å². The minimum Gasteiger partial charge on any atom is -0.507 e. The molecule has 1 fully saturated rings. The van der Waals surface area contributed by atoms with E-state index in [4.69, 9.17) is 14.2 Å². The number of ether oxygens (including phenoxy) is 3. The Labute approximate surface area is 210 Å². The summed E-state index contributed by atoms with van der Waals surface area (Å²) in [5, 5.41) is 11.5. The summed E-state index contributed by atoms with van der Waals surface area (Å²) in [5.41, 5.74) is 2.37. The van der Waals surface area contributed by atoms with Crippen LogP contribution in [-0.2, 0) is 9.59 Å². The third-order valence-electron chi connectivity index (χ3n) is 6.07. The molecule has 186 valence electrons. The molecule has 0 aromatic heterocycles. The smallest absolute Gasteiger partial charge is 0.300 e. The zero-order valence-corrected chi connectivity index (χ0v) is 20.8. The number of methoxy groups -OCH3 is 1. The summed E-state index contributed by atoms with van der Waals surface area (Å²) in [6.07, 6.45) is 0. The molecule has 0 radical (unpaired) electrons. The number of hydrogen-bond donors (Lipinski definition) is 1. The second-order valence-electron chi connectivity index (χ2n) is 8.25. The fourth-order valence-electron chi connectivity index (χ4n) is 4.39. The van der Waals surface area contributed by atoms with Crippen LogP contribution in [0.1, 0.15) is 36.6 Å². The summed E-state index contributed by atoms with van der Waals surface area (Å²) in [7, 11) is 1.57. The predicted molar refractivity (Wildman–Crippen MR) is 138 cm³/mol. The lowest BCUT2D eigenvalue weighted by atomic mass is 9.94. The van der Waals surface area contributed by atoms with Crippen molar-refractivity contribution >= 4 is 23.1 Å². The van der Waals surface area contributed by atoms with Crippen LogP contribution in [0, 0.1) is 6.92 Å². The monoisotopic (exact) mass is 487 g/mol. The molecular formula is C29H29NO6. The fraction of sp³-hybridized carbons (Fsp3) is 0.241. The second-order valence-corrected chi connectivity index (χ2v) is 8.25. The minimum atomic E-state index is -0.849. The molecule has 1 atom stereocenters. The number of amides is 1. The Bertz CT molecular complexity index is 1310. The lowest BCUT2D eigenvalue weighted by molar-refractivity contribution is -0.132. The van der Waals surface area contributed by atoms with Crippen LogP contribution < -0.4 is 19.1 Å². The van der Waals surface area contributed by atoms with Gasteiger partial charge in [-0.3, -0.25) is 14.5 Å². The summed E-state index contributed by atoms with van der Waals surface area (Å²) in [4.78, 5) is 28.3. The van der Waals surface area contributed by atoms with Crippen LogP contribution in [0.2, 0.25) is 0 Å². The van der Waals surface area contributed by atoms with Gasteiger partial charge in [0.1, 0.15) is 23.0 Å². The van der Waals surface area contributed by atoms with Gasteiger partial charge in [0, 0.05) is 11.8 Å². The number of anilines is 1. The van der Waals surface area contributed by atoms with Gasteiger partial charge in [-0.2, -0.15) is 0 Å². The van der Waals surface area contributed by atoms with E-state index >= 15 is 0 Å². The largest absolute Gasteiger partial charge is 0.507 e. The number of benzene rings is 3. The van der Waals surface area contributed by atoms with Crippen molar-refractivity contribution in [3.8, 4) is 17.2 Å². The van der Waals surface area contributed by atoms with E-state index in [9.17, 15) is 14.7 Å². The van der Waals surface area contributed by atoms with Gasteiger partial charge in [-0.15, -0.1) is 0 Å². The van der Waals surface area contributed by atoms with E-state index < -0.39 is 17.7 Å². The molecule has 1 aliphatic heterocycles. The first-order chi connectivity index (χ1) is 17.4. The number of aryl methyl sites for hydroxylation is 1. The average Bonchev–Trinajstić information content (AvgIpc) is 3.15. The topological polar surface area (TPSA) is 85.3 Å². The molecule has 3 aromatic carbocycles. The molecule has 0 spiro atoms. The van der Waals surface area contributed by atoms with Crippen LogP contribution in [0.5, 0.6) is 17.2 Å². The molecule has 4 rings (SSSR count). The van der Waals surface area contributed by atoms with Crippen molar-refractivity contribution in [3.05, 3.63) is 89.0 Å². The Morgan fingerprint density at radius 1 is 0.917 bits per heavy atom. The van der Waals surface area contributed by atoms with Crippen LogP contribution in [0.3, 0.4) is 0 Å². The van der Waals surface area contributed by atoms with Crippen molar-refractivity contribution in [2.75, 3.05) is 25.2 Å². The number of aliphatic hydroxyl groups is 1. The Balaban J connectivity index is 1.95. The van der Waals surface area contributed by atoms with Crippen molar-refractivity contribution in [1.29, 1.82) is 0 Å². The van der Waals surface area contributed by atoms with E-state index in [0.717, 1.165) is 5.56 Å². The van der Waals surface area contributed by atoms with Crippen molar-refractivity contribution < 1.29 is 28.9 Å². The van der Waals surface area contributed by atoms with E-state index in [2.05, 4.69) is 0 Å². The van der Waals surface area contributed by atoms with Crippen LogP contribution in [0.4, 0.5) is 5.69 Å². The Hall–Kier alpha value is -4.26. The number of para-hydroxylation sites is 1. The quantitative estimate of drug-likeness (QED) is 0.259. The van der Waals surface area contributed by atoms with Crippen molar-refractivity contribution in [3.63, 3.8) is 0 Å². The van der Waals surface area contributed by atoms with Gasteiger partial charge in [-0.05, 0) is 62.2 Å². The molecule has 36 heavy (non-hydrogen) atoms. The van der Waals surface area contributed by atoms with E-state index in [1.807, 2.05) is 39.0 Å². The highest BCUT2D eigenvalue weighted by molar-refractivity contribution is 6.51. The summed E-state index contributed by atoms with van der Waals surface area (Å²) in [6, 6.07) is 18.6. The SMILES string of the molecule is CCOc1ccc(/C(O)=C2/C(=O)C(=O)N(c3ccccc3C)C2c2ccc(OC)cc2)c(OCC)c1. The summed E-state index contributed by atoms with van der Waals surface area (Å²) < 4.78 is 16.6. The highest BCUT2D eigenvalue weighted by Gasteiger charge is 2.47. The zero-order valence-electron chi connectivity index (χ0n) is 20.8. The minimum absolute atomic E-state index is 0.0152. The number of ketones is 1. The molecular weight excluding hydrogens is 458 g/mol. The number of rotatable bonds is 8. The lowest BCUT2D eigenvalue weighted by Crippen LogP contribution is -2.30. The maximum absolute atomic E-state index is 13.5. The van der Waals surface area contributed by atoms with Gasteiger partial charge in [0.2, 0.25) is 0 Å². The average molecular weight is 488 g/mol. The molecule has 7 heteroatoms. The summed E-state index contributed by atoms with van der Waals surface area (Å²) in [6.45, 7) is 6.38. The van der Waals surface area contributed by atoms with Crippen LogP contribution in [-0.4, -0.2) is 37.1 Å². The first-order valence-corrected chi connectivity index (χ1v) is 11.8. The van der Waals surface area contributed by atoms with Gasteiger partial charge in [0.05, 0.1) is 37.5 Å². The number of carbonyl (C=O) groups is 2. The molecule has 0 saturated carbocycles. The maximum atomic E-state index is 13.5. The number of Topliss-reactive ketones (excluding diaryl/α,β-unsaturated/α-hetero) is 1. The molecule has 1 amide bonds. The van der Waals surface area contributed by atoms with Crippen molar-refractivity contribution in [2.24, 2.45) is 0 Å². The third kappa shape index (κ3) is 4.52. The second kappa shape index (κ2) is 10.6. The van der Waals surface area contributed by atoms with Crippen LogP contribution in [0.25, 0.3) is 5.76 Å². The van der Waals surface area contributed by atoms with E-state index in [0.29, 0.717) is 47.3 Å². The van der Waals surface area contributed by atoms with Gasteiger partial charge in [-0.25, -0.2) is 0 Å². The Morgan fingerprint density at radius 2 is 1.58 bits per heavy atom. The number of aliphatic hydroxyl groups excluding tert-OH is 1. The predicted octanol–water partition coefficient (Wildman–Crippen LogP) is 5.43. The number of carbonyl (C=O) groups excluding carboxylic acids is 2. The van der Waals surface area contributed by atoms with Crippen LogP contribution >= 0.6 is 0 Å². The van der Waals surface area contributed by atoms with Crippen molar-refractivity contribution in [1.82, 2.24) is 0 Å². The van der Waals surface area contributed by atoms with Crippen LogP contribution in [0.15, 0.2) is 72.3 Å². The molecule has 1 aliphatic rings. The summed E-state index contributed by atoms with van der Waals surface area (Å²) in [5.74, 6) is -0.224. The Morgan fingerprint density at radius 3 is 2.22 bits per heavy atom. The fourth-order valence-corrected chi connectivity index (χ4v) is 4.39. The first kappa shape index (κ1) is 24.9. The molecule has 1 unspecified atom stereocenters. The van der Waals surface area contributed by atoms with Gasteiger partial charge >= 0.3 is 0 Å². The molecule has 0 aliphatic carbocycles. The third-order valence-corrected chi connectivity index (χ3v) is 6.07. The molecule has 3 aromatic rings. The van der Waals surface area contributed by atoms with Gasteiger partial charge in [0.25, 0.3) is 11.7 Å². The molecule has 1 saturated heterocycles. The molecule has 1 N–H and O–H groups in total. The molecule has 0 bridgehead atoms. The van der Waals surface area contributed by atoms with E-state index in [-0.39, 0.29) is 11.3 Å². The number of nitrogens with zero attached hydrogens (tertiary/aromatic N) is 1. The van der Waals surface area contributed by atoms with Gasteiger partial charge in [-0.1, -0.05) is 30.3 Å². The lowest BCUT2D eigenvalue weighted by Gasteiger charge is -2.27. The van der Waals surface area contributed by atoms with Gasteiger partial charge in [0.15, 0.2) is 0 Å². The highest BCUT2D eigenvalue weighted by atomic mass is 16.5. The maximum Gasteiger partial charge on any atom is 0.300 e. The molecule has 1 heterocycles. The first-order valence-electron chi connectivity index (χ1n) is 11.8. The highest BCUT2D eigenvalue weighted by Crippen LogP contribution is 2.44. The van der Waals surface area contributed by atoms with E-state index in [1.165, 1.54) is 4.90 Å². The summed E-state index contributed by atoms with van der Waals surface area (Å²) >= 11 is 0. The Kier molecular flexibility index (Phi) is 7.29. The molecule has 7 nitrogen and oxygen atoms in total.